The number of aliphatic imine (C=N–C) groups is 1. The number of hydrogen-bond acceptors (Lipinski definition) is 2. The summed E-state index contributed by atoms with van der Waals surface area (Å²) in [6.07, 6.45) is 1.65. The Morgan fingerprint density at radius 3 is 2.73 bits per heavy atom. The fraction of sp³-hybridized carbons (Fsp3) is 0.235. The average molecular weight is 366 g/mol. The lowest BCUT2D eigenvalue weighted by Gasteiger charge is -2.20. The van der Waals surface area contributed by atoms with E-state index in [1.54, 1.807) is 36.5 Å². The Labute approximate surface area is 138 Å². The first kappa shape index (κ1) is 16.6. The van der Waals surface area contributed by atoms with E-state index >= 15 is 0 Å². The Kier molecular flexibility index (Phi) is 5.69. The van der Waals surface area contributed by atoms with Gasteiger partial charge in [0.2, 0.25) is 0 Å². The molecule has 2 aromatic carbocycles. The third-order valence-corrected chi connectivity index (χ3v) is 3.95. The molecule has 3 nitrogen and oxygen atoms in total. The number of likely N-dealkylation sites (N-methyl/N-ethyl adjacent to an activating group) is 1. The van der Waals surface area contributed by atoms with Crippen molar-refractivity contribution in [3.8, 4) is 5.75 Å². The van der Waals surface area contributed by atoms with Crippen LogP contribution in [-0.2, 0) is 0 Å². The molecule has 0 bridgehead atoms. The lowest BCUT2D eigenvalue weighted by molar-refractivity contribution is -0.890. The molecule has 1 atom stereocenters. The van der Waals surface area contributed by atoms with Gasteiger partial charge in [-0.2, -0.15) is 0 Å². The minimum absolute atomic E-state index is 0.0567. The van der Waals surface area contributed by atoms with Crippen molar-refractivity contribution in [2.45, 2.75) is 6.04 Å². The molecule has 0 heterocycles. The molecule has 116 valence electrons. The van der Waals surface area contributed by atoms with Crippen LogP contribution < -0.4 is 4.90 Å². The monoisotopic (exact) mass is 365 g/mol. The van der Waals surface area contributed by atoms with E-state index in [1.807, 2.05) is 20.2 Å². The molecule has 0 spiro atoms. The third-order valence-electron chi connectivity index (χ3n) is 3.46. The van der Waals surface area contributed by atoms with Crippen molar-refractivity contribution in [2.75, 3.05) is 20.6 Å². The van der Waals surface area contributed by atoms with Gasteiger partial charge < -0.3 is 10.0 Å². The molecule has 0 aliphatic carbocycles. The fourth-order valence-electron chi connectivity index (χ4n) is 2.23. The standard InChI is InChI=1S/C17H18BrFN2O/c1-21(2)16(12-4-3-5-15(19)9-12)11-20-10-13-8-14(18)6-7-17(13)22/h3-10,16,22H,11H2,1-2H3/p+1/t16-/m1/s1. The second kappa shape index (κ2) is 7.51. The van der Waals surface area contributed by atoms with Crippen molar-refractivity contribution in [1.29, 1.82) is 0 Å². The van der Waals surface area contributed by atoms with Crippen molar-refractivity contribution in [1.82, 2.24) is 0 Å². The summed E-state index contributed by atoms with van der Waals surface area (Å²) in [5.74, 6) is -0.0520. The molecule has 0 radical (unpaired) electrons. The molecule has 0 aliphatic heterocycles. The number of halogens is 2. The first-order valence-corrected chi connectivity index (χ1v) is 7.80. The molecule has 0 saturated heterocycles. The quantitative estimate of drug-likeness (QED) is 0.785. The number of hydrogen-bond donors (Lipinski definition) is 2. The molecule has 0 fully saturated rings. The van der Waals surface area contributed by atoms with E-state index in [0.29, 0.717) is 12.1 Å². The summed E-state index contributed by atoms with van der Waals surface area (Å²) in [6, 6.07) is 11.9. The predicted molar refractivity (Wildman–Crippen MR) is 90.2 cm³/mol. The van der Waals surface area contributed by atoms with Crippen LogP contribution in [0.4, 0.5) is 4.39 Å². The van der Waals surface area contributed by atoms with E-state index in [0.717, 1.165) is 10.0 Å². The molecule has 2 rings (SSSR count). The summed E-state index contributed by atoms with van der Waals surface area (Å²) < 4.78 is 14.3. The van der Waals surface area contributed by atoms with E-state index in [4.69, 9.17) is 0 Å². The highest BCUT2D eigenvalue weighted by Crippen LogP contribution is 2.20. The zero-order chi connectivity index (χ0) is 16.1. The highest BCUT2D eigenvalue weighted by molar-refractivity contribution is 9.10. The molecule has 22 heavy (non-hydrogen) atoms. The van der Waals surface area contributed by atoms with Crippen molar-refractivity contribution in [2.24, 2.45) is 4.99 Å². The minimum Gasteiger partial charge on any atom is -0.507 e. The van der Waals surface area contributed by atoms with Gasteiger partial charge in [-0.05, 0) is 30.3 Å². The summed E-state index contributed by atoms with van der Waals surface area (Å²) in [4.78, 5) is 5.59. The van der Waals surface area contributed by atoms with Gasteiger partial charge in [0, 0.05) is 21.8 Å². The van der Waals surface area contributed by atoms with Gasteiger partial charge in [-0.15, -0.1) is 0 Å². The van der Waals surface area contributed by atoms with E-state index in [-0.39, 0.29) is 17.6 Å². The molecule has 0 aliphatic rings. The maximum Gasteiger partial charge on any atom is 0.133 e. The number of benzene rings is 2. The highest BCUT2D eigenvalue weighted by atomic mass is 79.9. The van der Waals surface area contributed by atoms with Crippen LogP contribution in [-0.4, -0.2) is 32.0 Å². The first-order chi connectivity index (χ1) is 10.5. The maximum absolute atomic E-state index is 13.4. The number of phenolic OH excluding ortho intramolecular Hbond substituents is 1. The van der Waals surface area contributed by atoms with Crippen LogP contribution in [0.15, 0.2) is 51.9 Å². The van der Waals surface area contributed by atoms with Crippen molar-refractivity contribution in [3.63, 3.8) is 0 Å². The Bertz CT molecular complexity index is 673. The molecule has 0 saturated carbocycles. The van der Waals surface area contributed by atoms with Gasteiger partial charge >= 0.3 is 0 Å². The van der Waals surface area contributed by atoms with Gasteiger partial charge in [0.25, 0.3) is 0 Å². The third kappa shape index (κ3) is 4.39. The summed E-state index contributed by atoms with van der Waals surface area (Å²) in [7, 11) is 4.03. The molecule has 2 N–H and O–H groups in total. The lowest BCUT2D eigenvalue weighted by atomic mass is 10.1. The predicted octanol–water partition coefficient (Wildman–Crippen LogP) is 2.60. The summed E-state index contributed by atoms with van der Waals surface area (Å²) in [5.41, 5.74) is 1.57. The van der Waals surface area contributed by atoms with Crippen LogP contribution in [0.3, 0.4) is 0 Å². The van der Waals surface area contributed by atoms with Gasteiger partial charge in [0.15, 0.2) is 0 Å². The first-order valence-electron chi connectivity index (χ1n) is 7.01. The van der Waals surface area contributed by atoms with Gasteiger partial charge in [0.05, 0.1) is 20.6 Å². The number of quaternary nitrogens is 1. The number of rotatable bonds is 5. The fourth-order valence-corrected chi connectivity index (χ4v) is 2.61. The zero-order valence-electron chi connectivity index (χ0n) is 12.6. The van der Waals surface area contributed by atoms with Crippen LogP contribution >= 0.6 is 15.9 Å². The summed E-state index contributed by atoms with van der Waals surface area (Å²) in [6.45, 7) is 0.512. The van der Waals surface area contributed by atoms with Gasteiger partial charge in [-0.25, -0.2) is 4.39 Å². The smallest absolute Gasteiger partial charge is 0.133 e. The largest absolute Gasteiger partial charge is 0.507 e. The molecule has 0 amide bonds. The van der Waals surface area contributed by atoms with E-state index in [1.165, 1.54) is 11.0 Å². The number of nitrogens with zero attached hydrogens (tertiary/aromatic N) is 1. The average Bonchev–Trinajstić information content (AvgIpc) is 2.46. The zero-order valence-corrected chi connectivity index (χ0v) is 14.1. The highest BCUT2D eigenvalue weighted by Gasteiger charge is 2.17. The van der Waals surface area contributed by atoms with Crippen molar-refractivity contribution in [3.05, 3.63) is 63.9 Å². The molecule has 0 aromatic heterocycles. The number of nitrogens with one attached hydrogen (secondary N) is 1. The van der Waals surface area contributed by atoms with Crippen LogP contribution in [0.1, 0.15) is 17.2 Å². The normalized spacial score (nSPS) is 13.0. The summed E-state index contributed by atoms with van der Waals surface area (Å²) in [5, 5.41) is 9.80. The number of phenols is 1. The van der Waals surface area contributed by atoms with Crippen molar-refractivity contribution < 1.29 is 14.4 Å². The molecule has 5 heteroatoms. The van der Waals surface area contributed by atoms with Crippen LogP contribution in [0.25, 0.3) is 0 Å². The molecular weight excluding hydrogens is 347 g/mol. The van der Waals surface area contributed by atoms with E-state index in [9.17, 15) is 9.50 Å². The Morgan fingerprint density at radius 1 is 1.27 bits per heavy atom. The Balaban J connectivity index is 2.15. The number of aromatic hydroxyl groups is 1. The topological polar surface area (TPSA) is 37.0 Å². The van der Waals surface area contributed by atoms with Crippen molar-refractivity contribution >= 4 is 22.1 Å². The second-order valence-corrected chi connectivity index (χ2v) is 6.30. The SMILES string of the molecule is C[NH+](C)[C@H](CN=Cc1cc(Br)ccc1O)c1cccc(F)c1. The second-order valence-electron chi connectivity index (χ2n) is 5.38. The maximum atomic E-state index is 13.4. The van der Waals surface area contributed by atoms with Crippen LogP contribution in [0.2, 0.25) is 0 Å². The van der Waals surface area contributed by atoms with Crippen LogP contribution in [0.5, 0.6) is 5.75 Å². The summed E-state index contributed by atoms with van der Waals surface area (Å²) >= 11 is 3.37. The lowest BCUT2D eigenvalue weighted by Crippen LogP contribution is -3.06. The van der Waals surface area contributed by atoms with E-state index < -0.39 is 0 Å². The molecule has 2 aromatic rings. The van der Waals surface area contributed by atoms with Gasteiger partial charge in [-0.1, -0.05) is 28.1 Å². The molecular formula is C17H19BrFN2O+. The molecule has 0 unspecified atom stereocenters. The van der Waals surface area contributed by atoms with Gasteiger partial charge in [0.1, 0.15) is 17.6 Å². The van der Waals surface area contributed by atoms with E-state index in [2.05, 4.69) is 20.9 Å². The Hall–Kier alpha value is -1.72. The minimum atomic E-state index is -0.239. The Morgan fingerprint density at radius 2 is 2.05 bits per heavy atom. The van der Waals surface area contributed by atoms with Crippen LogP contribution in [0, 0.1) is 5.82 Å². The van der Waals surface area contributed by atoms with Gasteiger partial charge in [-0.3, -0.25) is 4.99 Å².